The first-order valence-electron chi connectivity index (χ1n) is 9.01. The first-order chi connectivity index (χ1) is 10.2. The summed E-state index contributed by atoms with van der Waals surface area (Å²) in [6.07, 6.45) is 16.3. The number of carboxylic acid groups (broad SMARTS) is 1. The summed E-state index contributed by atoms with van der Waals surface area (Å²) in [5.74, 6) is -0.670. The summed E-state index contributed by atoms with van der Waals surface area (Å²) < 4.78 is 0. The van der Waals surface area contributed by atoms with E-state index in [4.69, 9.17) is 10.2 Å². The molecule has 0 aromatic heterocycles. The molecule has 0 saturated carbocycles. The predicted octanol–water partition coefficient (Wildman–Crippen LogP) is 5.55. The number of unbranched alkanes of at least 4 members (excludes halogenated alkanes) is 11. The zero-order chi connectivity index (χ0) is 16.2. The normalized spacial score (nSPS) is 10.0. The molecule has 0 amide bonds. The quantitative estimate of drug-likeness (QED) is 0.413. The van der Waals surface area contributed by atoms with E-state index in [2.05, 4.69) is 13.8 Å². The Balaban J connectivity index is 0. The van der Waals surface area contributed by atoms with Crippen molar-refractivity contribution < 1.29 is 15.0 Å². The molecule has 0 rings (SSSR count). The van der Waals surface area contributed by atoms with E-state index in [0.717, 1.165) is 19.3 Å². The van der Waals surface area contributed by atoms with Crippen molar-refractivity contribution in [2.75, 3.05) is 6.61 Å². The minimum absolute atomic E-state index is 0.337. The van der Waals surface area contributed by atoms with E-state index < -0.39 is 5.97 Å². The van der Waals surface area contributed by atoms with Gasteiger partial charge in [-0.2, -0.15) is 0 Å². The van der Waals surface area contributed by atoms with E-state index in [9.17, 15) is 4.79 Å². The molecule has 0 aliphatic rings. The summed E-state index contributed by atoms with van der Waals surface area (Å²) in [6.45, 7) is 4.76. The topological polar surface area (TPSA) is 57.5 Å². The van der Waals surface area contributed by atoms with Gasteiger partial charge in [-0.05, 0) is 12.8 Å². The summed E-state index contributed by atoms with van der Waals surface area (Å²) in [5, 5.41) is 16.8. The number of hydrogen-bond donors (Lipinski definition) is 2. The lowest BCUT2D eigenvalue weighted by molar-refractivity contribution is -0.137. The van der Waals surface area contributed by atoms with Crippen LogP contribution in [0.1, 0.15) is 104 Å². The van der Waals surface area contributed by atoms with Crippen LogP contribution in [0.4, 0.5) is 0 Å². The molecule has 3 nitrogen and oxygen atoms in total. The first kappa shape index (κ1) is 22.7. The third-order valence-electron chi connectivity index (χ3n) is 3.51. The minimum atomic E-state index is -0.670. The van der Waals surface area contributed by atoms with Gasteiger partial charge in [0, 0.05) is 13.0 Å². The highest BCUT2D eigenvalue weighted by Crippen LogP contribution is 2.07. The molecule has 0 unspecified atom stereocenters. The van der Waals surface area contributed by atoms with E-state index in [0.29, 0.717) is 13.0 Å². The summed E-state index contributed by atoms with van der Waals surface area (Å²) in [6, 6.07) is 0. The van der Waals surface area contributed by atoms with Crippen LogP contribution in [-0.4, -0.2) is 22.8 Å². The molecule has 3 heteroatoms. The van der Waals surface area contributed by atoms with Crippen molar-refractivity contribution in [1.82, 2.24) is 0 Å². The van der Waals surface area contributed by atoms with E-state index in [1.165, 1.54) is 64.2 Å². The third kappa shape index (κ3) is 28.3. The van der Waals surface area contributed by atoms with Gasteiger partial charge in [-0.25, -0.2) is 0 Å². The molecule has 0 heterocycles. The van der Waals surface area contributed by atoms with Crippen molar-refractivity contribution in [3.8, 4) is 0 Å². The average Bonchev–Trinajstić information content (AvgIpc) is 2.47. The van der Waals surface area contributed by atoms with Crippen molar-refractivity contribution >= 4 is 5.97 Å². The molecule has 0 atom stereocenters. The molecule has 0 bridgehead atoms. The highest BCUT2D eigenvalue weighted by Gasteiger charge is 1.94. The highest BCUT2D eigenvalue weighted by molar-refractivity contribution is 5.66. The largest absolute Gasteiger partial charge is 0.481 e. The second-order valence-electron chi connectivity index (χ2n) is 5.76. The Kier molecular flexibility index (Phi) is 23.5. The van der Waals surface area contributed by atoms with Crippen molar-refractivity contribution in [3.05, 3.63) is 0 Å². The van der Waals surface area contributed by atoms with Crippen molar-refractivity contribution in [3.63, 3.8) is 0 Å². The second-order valence-corrected chi connectivity index (χ2v) is 5.76. The maximum atomic E-state index is 10.0. The molecule has 0 aromatic carbocycles. The fourth-order valence-corrected chi connectivity index (χ4v) is 2.13. The Morgan fingerprint density at radius 2 is 1.05 bits per heavy atom. The van der Waals surface area contributed by atoms with Crippen LogP contribution < -0.4 is 0 Å². The van der Waals surface area contributed by atoms with Crippen LogP contribution in [0.2, 0.25) is 0 Å². The van der Waals surface area contributed by atoms with Crippen LogP contribution in [0.15, 0.2) is 0 Å². The van der Waals surface area contributed by atoms with Gasteiger partial charge in [0.1, 0.15) is 0 Å². The molecule has 0 fully saturated rings. The standard InChI is InChI=1S/C10H22O.C8H16O2/c1-2-3-4-5-6-7-8-9-10-11;1-2-3-4-5-6-7-8(9)10/h11H,2-10H2,1H3;2-7H2,1H3,(H,9,10). The van der Waals surface area contributed by atoms with Gasteiger partial charge in [-0.3, -0.25) is 4.79 Å². The smallest absolute Gasteiger partial charge is 0.303 e. The van der Waals surface area contributed by atoms with E-state index in [-0.39, 0.29) is 0 Å². The zero-order valence-electron chi connectivity index (χ0n) is 14.4. The first-order valence-corrected chi connectivity index (χ1v) is 9.01. The predicted molar refractivity (Wildman–Crippen MR) is 90.7 cm³/mol. The molecule has 0 aliphatic carbocycles. The van der Waals surface area contributed by atoms with Gasteiger partial charge in [0.2, 0.25) is 0 Å². The third-order valence-corrected chi connectivity index (χ3v) is 3.51. The number of hydrogen-bond acceptors (Lipinski definition) is 2. The van der Waals surface area contributed by atoms with Gasteiger partial charge in [0.05, 0.1) is 0 Å². The lowest BCUT2D eigenvalue weighted by atomic mass is 10.1. The number of carbonyl (C=O) groups is 1. The van der Waals surface area contributed by atoms with Crippen LogP contribution in [0.3, 0.4) is 0 Å². The maximum absolute atomic E-state index is 10.0. The summed E-state index contributed by atoms with van der Waals surface area (Å²) in [7, 11) is 0. The van der Waals surface area contributed by atoms with Crippen LogP contribution in [0.5, 0.6) is 0 Å². The monoisotopic (exact) mass is 302 g/mol. The van der Waals surface area contributed by atoms with Crippen molar-refractivity contribution in [2.45, 2.75) is 104 Å². The van der Waals surface area contributed by atoms with Crippen LogP contribution >= 0.6 is 0 Å². The Bertz CT molecular complexity index is 185. The van der Waals surface area contributed by atoms with Gasteiger partial charge >= 0.3 is 5.97 Å². The molecule has 0 saturated heterocycles. The highest BCUT2D eigenvalue weighted by atomic mass is 16.4. The van der Waals surface area contributed by atoms with Crippen LogP contribution in [-0.2, 0) is 4.79 Å². The van der Waals surface area contributed by atoms with Gasteiger partial charge < -0.3 is 10.2 Å². The second kappa shape index (κ2) is 21.7. The van der Waals surface area contributed by atoms with Crippen molar-refractivity contribution in [1.29, 1.82) is 0 Å². The zero-order valence-corrected chi connectivity index (χ0v) is 14.4. The van der Waals surface area contributed by atoms with Gasteiger partial charge in [0.25, 0.3) is 0 Å². The molecular weight excluding hydrogens is 264 g/mol. The van der Waals surface area contributed by atoms with Crippen molar-refractivity contribution in [2.24, 2.45) is 0 Å². The lowest BCUT2D eigenvalue weighted by Crippen LogP contribution is -1.93. The molecule has 2 N–H and O–H groups in total. The van der Waals surface area contributed by atoms with E-state index >= 15 is 0 Å². The maximum Gasteiger partial charge on any atom is 0.303 e. The summed E-state index contributed by atoms with van der Waals surface area (Å²) >= 11 is 0. The number of aliphatic carboxylic acids is 1. The lowest BCUT2D eigenvalue weighted by Gasteiger charge is -1.98. The number of rotatable bonds is 14. The van der Waals surface area contributed by atoms with Crippen LogP contribution in [0, 0.1) is 0 Å². The molecule has 0 radical (unpaired) electrons. The van der Waals surface area contributed by atoms with Gasteiger partial charge in [-0.15, -0.1) is 0 Å². The Morgan fingerprint density at radius 3 is 1.43 bits per heavy atom. The number of carboxylic acids is 1. The minimum Gasteiger partial charge on any atom is -0.481 e. The Hall–Kier alpha value is -0.570. The molecule has 0 aromatic rings. The molecule has 0 aliphatic heterocycles. The SMILES string of the molecule is CCCCCCCC(=O)O.CCCCCCCCCCO. The van der Waals surface area contributed by atoms with E-state index in [1.807, 2.05) is 0 Å². The molecule has 0 spiro atoms. The number of aliphatic hydroxyl groups excluding tert-OH is 1. The average molecular weight is 302 g/mol. The van der Waals surface area contributed by atoms with Gasteiger partial charge in [0.15, 0.2) is 0 Å². The number of aliphatic hydroxyl groups is 1. The summed E-state index contributed by atoms with van der Waals surface area (Å²) in [4.78, 5) is 10.0. The van der Waals surface area contributed by atoms with Gasteiger partial charge in [-0.1, -0.05) is 84.5 Å². The fraction of sp³-hybridized carbons (Fsp3) is 0.944. The summed E-state index contributed by atoms with van der Waals surface area (Å²) in [5.41, 5.74) is 0. The molecular formula is C18H38O3. The molecule has 21 heavy (non-hydrogen) atoms. The fourth-order valence-electron chi connectivity index (χ4n) is 2.13. The van der Waals surface area contributed by atoms with Crippen LogP contribution in [0.25, 0.3) is 0 Å². The Morgan fingerprint density at radius 1 is 0.667 bits per heavy atom. The Labute approximate surface area is 132 Å². The van der Waals surface area contributed by atoms with E-state index in [1.54, 1.807) is 0 Å². The molecule has 128 valence electrons.